The van der Waals surface area contributed by atoms with Gasteiger partial charge in [-0.15, -0.1) is 11.3 Å². The Morgan fingerprint density at radius 3 is 2.67 bits per heavy atom. The van der Waals surface area contributed by atoms with Crippen LogP contribution >= 0.6 is 50.5 Å². The van der Waals surface area contributed by atoms with Crippen molar-refractivity contribution < 1.29 is 0 Å². The van der Waals surface area contributed by atoms with Crippen molar-refractivity contribution >= 4 is 50.5 Å². The molecule has 2 rings (SSSR count). The van der Waals surface area contributed by atoms with Gasteiger partial charge in [-0.1, -0.05) is 29.3 Å². The third-order valence-electron chi connectivity index (χ3n) is 2.51. The molecule has 0 aliphatic rings. The Morgan fingerprint density at radius 2 is 2.00 bits per heavy atom. The predicted molar refractivity (Wildman–Crippen MR) is 83.9 cm³/mol. The molecule has 1 N–H and O–H groups in total. The van der Waals surface area contributed by atoms with Crippen molar-refractivity contribution in [3.05, 3.63) is 54.6 Å². The van der Waals surface area contributed by atoms with Crippen molar-refractivity contribution in [1.82, 2.24) is 5.32 Å². The first-order valence-electron chi connectivity index (χ1n) is 5.54. The molecule has 0 unspecified atom stereocenters. The molecule has 5 heteroatoms. The Kier molecular flexibility index (Phi) is 5.52. The number of halogens is 3. The van der Waals surface area contributed by atoms with Gasteiger partial charge in [0.1, 0.15) is 0 Å². The summed E-state index contributed by atoms with van der Waals surface area (Å²) in [6.45, 7) is 1.79. The summed E-state index contributed by atoms with van der Waals surface area (Å²) in [5, 5.41) is 4.82. The van der Waals surface area contributed by atoms with E-state index in [-0.39, 0.29) is 0 Å². The number of thiophene rings is 1. The van der Waals surface area contributed by atoms with Gasteiger partial charge in [0.25, 0.3) is 0 Å². The molecule has 0 spiro atoms. The molecule has 0 atom stereocenters. The van der Waals surface area contributed by atoms with E-state index in [4.69, 9.17) is 23.2 Å². The molecule has 0 bridgehead atoms. The van der Waals surface area contributed by atoms with Gasteiger partial charge in [-0.3, -0.25) is 0 Å². The van der Waals surface area contributed by atoms with E-state index in [9.17, 15) is 0 Å². The summed E-state index contributed by atoms with van der Waals surface area (Å²) >= 11 is 17.2. The highest BCUT2D eigenvalue weighted by Gasteiger charge is 2.01. The van der Waals surface area contributed by atoms with Crippen molar-refractivity contribution in [2.45, 2.75) is 13.0 Å². The highest BCUT2D eigenvalue weighted by Crippen LogP contribution is 2.22. The van der Waals surface area contributed by atoms with Gasteiger partial charge in [-0.05, 0) is 58.7 Å². The normalized spacial score (nSPS) is 10.8. The molecule has 0 radical (unpaired) electrons. The molecule has 96 valence electrons. The summed E-state index contributed by atoms with van der Waals surface area (Å²) < 4.78 is 1.17. The second-order valence-electron chi connectivity index (χ2n) is 3.87. The lowest BCUT2D eigenvalue weighted by atomic mass is 10.1. The molecule has 1 heterocycles. The second-order valence-corrected chi connectivity index (χ2v) is 7.26. The van der Waals surface area contributed by atoms with Gasteiger partial charge in [-0.2, -0.15) is 0 Å². The Hall–Kier alpha value is -0.0600. The van der Waals surface area contributed by atoms with Crippen LogP contribution in [0.25, 0.3) is 0 Å². The minimum absolute atomic E-state index is 0.681. The van der Waals surface area contributed by atoms with Gasteiger partial charge in [0, 0.05) is 21.5 Å². The molecule has 0 aliphatic heterocycles. The van der Waals surface area contributed by atoms with Crippen LogP contribution in [-0.2, 0) is 13.0 Å². The van der Waals surface area contributed by atoms with E-state index in [1.807, 2.05) is 12.1 Å². The fourth-order valence-electron chi connectivity index (χ4n) is 1.61. The topological polar surface area (TPSA) is 12.0 Å². The van der Waals surface area contributed by atoms with Crippen molar-refractivity contribution in [3.63, 3.8) is 0 Å². The fourth-order valence-corrected chi connectivity index (χ4v) is 3.56. The predicted octanol–water partition coefficient (Wildman–Crippen LogP) is 5.15. The summed E-state index contributed by atoms with van der Waals surface area (Å²) in [5.41, 5.74) is 1.13. The Labute approximate surface area is 129 Å². The smallest absolute Gasteiger partial charge is 0.0701 e. The van der Waals surface area contributed by atoms with E-state index >= 15 is 0 Å². The molecule has 0 aliphatic carbocycles. The van der Waals surface area contributed by atoms with Crippen LogP contribution < -0.4 is 5.32 Å². The molecular weight excluding hydrogens is 353 g/mol. The first-order valence-corrected chi connectivity index (χ1v) is 7.90. The average molecular weight is 365 g/mol. The zero-order chi connectivity index (χ0) is 13.0. The lowest BCUT2D eigenvalue weighted by Crippen LogP contribution is -2.16. The number of nitrogens with one attached hydrogen (secondary N) is 1. The highest BCUT2D eigenvalue weighted by atomic mass is 79.9. The zero-order valence-corrected chi connectivity index (χ0v) is 13.5. The molecule has 2 aromatic rings. The van der Waals surface area contributed by atoms with E-state index < -0.39 is 0 Å². The maximum atomic E-state index is 6.11. The van der Waals surface area contributed by atoms with Crippen molar-refractivity contribution in [1.29, 1.82) is 0 Å². The van der Waals surface area contributed by atoms with Gasteiger partial charge >= 0.3 is 0 Å². The second kappa shape index (κ2) is 6.92. The monoisotopic (exact) mass is 363 g/mol. The maximum absolute atomic E-state index is 6.11. The number of hydrogen-bond acceptors (Lipinski definition) is 2. The van der Waals surface area contributed by atoms with Gasteiger partial charge < -0.3 is 5.32 Å². The minimum atomic E-state index is 0.681. The number of rotatable bonds is 5. The summed E-state index contributed by atoms with van der Waals surface area (Å²) in [4.78, 5) is 1.32. The van der Waals surface area contributed by atoms with Crippen LogP contribution in [0.5, 0.6) is 0 Å². The Bertz CT molecular complexity index is 527. The Morgan fingerprint density at radius 1 is 1.17 bits per heavy atom. The molecular formula is C13H12BrCl2NS. The van der Waals surface area contributed by atoms with E-state index in [0.29, 0.717) is 5.02 Å². The van der Waals surface area contributed by atoms with Crippen molar-refractivity contribution in [3.8, 4) is 0 Å². The first kappa shape index (κ1) is 14.4. The quantitative estimate of drug-likeness (QED) is 0.723. The number of benzene rings is 1. The summed E-state index contributed by atoms with van der Waals surface area (Å²) in [7, 11) is 0. The largest absolute Gasteiger partial charge is 0.312 e. The van der Waals surface area contributed by atoms with Crippen LogP contribution in [0.2, 0.25) is 10.0 Å². The van der Waals surface area contributed by atoms with Crippen LogP contribution in [0.15, 0.2) is 34.1 Å². The molecule has 0 fully saturated rings. The van der Waals surface area contributed by atoms with E-state index in [1.54, 1.807) is 17.4 Å². The molecule has 1 aromatic heterocycles. The zero-order valence-electron chi connectivity index (χ0n) is 9.55. The average Bonchev–Trinajstić information content (AvgIpc) is 2.73. The lowest BCUT2D eigenvalue weighted by Gasteiger charge is -2.06. The van der Waals surface area contributed by atoms with Crippen LogP contribution in [-0.4, -0.2) is 6.54 Å². The van der Waals surface area contributed by atoms with Gasteiger partial charge in [0.2, 0.25) is 0 Å². The van der Waals surface area contributed by atoms with Crippen molar-refractivity contribution in [2.75, 3.05) is 6.54 Å². The van der Waals surface area contributed by atoms with E-state index in [0.717, 1.165) is 30.1 Å². The van der Waals surface area contributed by atoms with Gasteiger partial charge in [0.15, 0.2) is 0 Å². The summed E-state index contributed by atoms with van der Waals surface area (Å²) in [6.07, 6.45) is 0.905. The highest BCUT2D eigenvalue weighted by molar-refractivity contribution is 9.11. The SMILES string of the molecule is Clc1ccc(CCNCc2ccc(Br)s2)c(Cl)c1. The van der Waals surface area contributed by atoms with Gasteiger partial charge in [-0.25, -0.2) is 0 Å². The van der Waals surface area contributed by atoms with Crippen LogP contribution in [0, 0.1) is 0 Å². The number of hydrogen-bond donors (Lipinski definition) is 1. The van der Waals surface area contributed by atoms with Crippen LogP contribution in [0.4, 0.5) is 0 Å². The van der Waals surface area contributed by atoms with Gasteiger partial charge in [0.05, 0.1) is 3.79 Å². The van der Waals surface area contributed by atoms with E-state index in [2.05, 4.69) is 33.4 Å². The van der Waals surface area contributed by atoms with E-state index in [1.165, 1.54) is 8.66 Å². The van der Waals surface area contributed by atoms with Crippen molar-refractivity contribution in [2.24, 2.45) is 0 Å². The summed E-state index contributed by atoms with van der Waals surface area (Å²) in [5.74, 6) is 0. The van der Waals surface area contributed by atoms with Crippen LogP contribution in [0.1, 0.15) is 10.4 Å². The lowest BCUT2D eigenvalue weighted by molar-refractivity contribution is 0.694. The molecule has 0 amide bonds. The molecule has 1 nitrogen and oxygen atoms in total. The molecule has 0 saturated carbocycles. The minimum Gasteiger partial charge on any atom is -0.312 e. The first-order chi connectivity index (χ1) is 8.65. The molecule has 18 heavy (non-hydrogen) atoms. The molecule has 1 aromatic carbocycles. The third-order valence-corrected chi connectivity index (χ3v) is 4.72. The Balaban J connectivity index is 1.78. The maximum Gasteiger partial charge on any atom is 0.0701 e. The standard InChI is InChI=1S/C13H12BrCl2NS/c14-13-4-3-11(18-13)8-17-6-5-9-1-2-10(15)7-12(9)16/h1-4,7,17H,5-6,8H2. The molecule has 0 saturated heterocycles. The summed E-state index contributed by atoms with van der Waals surface area (Å²) in [6, 6.07) is 9.83. The third kappa shape index (κ3) is 4.25. The fraction of sp³-hybridized carbons (Fsp3) is 0.231. The van der Waals surface area contributed by atoms with Crippen LogP contribution in [0.3, 0.4) is 0 Å².